The lowest BCUT2D eigenvalue weighted by atomic mass is 9.84. The van der Waals surface area contributed by atoms with Crippen LogP contribution in [-0.4, -0.2) is 39.0 Å². The zero-order valence-corrected chi connectivity index (χ0v) is 16.8. The van der Waals surface area contributed by atoms with E-state index in [0.29, 0.717) is 24.8 Å². The number of benzene rings is 1. The molecule has 0 saturated carbocycles. The van der Waals surface area contributed by atoms with Gasteiger partial charge in [0.05, 0.1) is 4.90 Å². The summed E-state index contributed by atoms with van der Waals surface area (Å²) in [6.07, 6.45) is -1.70. The third-order valence-electron chi connectivity index (χ3n) is 5.01. The summed E-state index contributed by atoms with van der Waals surface area (Å²) in [6, 6.07) is 5.64. The van der Waals surface area contributed by atoms with Crippen LogP contribution in [0.25, 0.3) is 0 Å². The number of carbonyl (C=O) groups excluding carboxylic acids is 1. The van der Waals surface area contributed by atoms with Gasteiger partial charge in [0.1, 0.15) is 0 Å². The molecule has 1 unspecified atom stereocenters. The van der Waals surface area contributed by atoms with E-state index in [-0.39, 0.29) is 30.4 Å². The average Bonchev–Trinajstić information content (AvgIpc) is 2.83. The summed E-state index contributed by atoms with van der Waals surface area (Å²) in [5.74, 6) is -1.43. The third-order valence-corrected chi connectivity index (χ3v) is 6.14. The first-order valence-corrected chi connectivity index (χ1v) is 11.2. The van der Waals surface area contributed by atoms with Gasteiger partial charge < -0.3 is 10.1 Å². The van der Waals surface area contributed by atoms with Crippen LogP contribution in [0.3, 0.4) is 0 Å². The van der Waals surface area contributed by atoms with Crippen molar-refractivity contribution in [3.05, 3.63) is 29.8 Å². The summed E-state index contributed by atoms with van der Waals surface area (Å²) in [5, 5.41) is 2.33. The third kappa shape index (κ3) is 5.26. The minimum absolute atomic E-state index is 0.101. The van der Waals surface area contributed by atoms with Gasteiger partial charge in [-0.2, -0.15) is 13.2 Å². The van der Waals surface area contributed by atoms with Crippen LogP contribution in [0, 0.1) is 5.92 Å². The van der Waals surface area contributed by atoms with E-state index >= 15 is 0 Å². The van der Waals surface area contributed by atoms with Crippen molar-refractivity contribution in [1.29, 1.82) is 0 Å². The predicted octanol–water partition coefficient (Wildman–Crippen LogP) is 3.62. The highest BCUT2D eigenvalue weighted by molar-refractivity contribution is 7.90. The predicted molar refractivity (Wildman–Crippen MR) is 98.4 cm³/mol. The lowest BCUT2D eigenvalue weighted by Crippen LogP contribution is -2.59. The first kappa shape index (κ1) is 22.7. The number of ether oxygens (including phenoxy) is 1. The lowest BCUT2D eigenvalue weighted by Gasteiger charge is -2.35. The maximum Gasteiger partial charge on any atom is 0.426 e. The molecule has 0 aliphatic carbocycles. The normalized spacial score (nSPS) is 23.8. The fourth-order valence-corrected chi connectivity index (χ4v) is 4.14. The molecular formula is C19H26F3NO4S. The second-order valence-electron chi connectivity index (χ2n) is 7.27. The Morgan fingerprint density at radius 3 is 2.46 bits per heavy atom. The minimum atomic E-state index is -4.83. The summed E-state index contributed by atoms with van der Waals surface area (Å²) in [6.45, 7) is 1.64. The van der Waals surface area contributed by atoms with Crippen LogP contribution in [0.4, 0.5) is 13.2 Å². The SMILES string of the molecule is CCCC1CCCO[C@@](C(=O)NCc2ccc(S(C)(=O)=O)cc2)(C(F)(F)F)C1. The second kappa shape index (κ2) is 8.82. The molecule has 1 aromatic carbocycles. The summed E-state index contributed by atoms with van der Waals surface area (Å²) >= 11 is 0. The van der Waals surface area contributed by atoms with Crippen LogP contribution in [0.1, 0.15) is 44.6 Å². The number of carbonyl (C=O) groups is 1. The van der Waals surface area contributed by atoms with Crippen LogP contribution < -0.4 is 5.32 Å². The summed E-state index contributed by atoms with van der Waals surface area (Å²) in [4.78, 5) is 12.7. The quantitative estimate of drug-likeness (QED) is 0.762. The van der Waals surface area contributed by atoms with Crippen LogP contribution in [0.15, 0.2) is 29.2 Å². The van der Waals surface area contributed by atoms with E-state index in [1.54, 1.807) is 0 Å². The molecule has 2 rings (SSSR count). The number of sulfone groups is 1. The fourth-order valence-electron chi connectivity index (χ4n) is 3.50. The Balaban J connectivity index is 2.17. The van der Waals surface area contributed by atoms with Crippen molar-refractivity contribution in [1.82, 2.24) is 5.32 Å². The van der Waals surface area contributed by atoms with Crippen molar-refractivity contribution in [2.45, 2.75) is 62.2 Å². The fraction of sp³-hybridized carbons (Fsp3) is 0.632. The van der Waals surface area contributed by atoms with Crippen molar-refractivity contribution in [2.24, 2.45) is 5.92 Å². The van der Waals surface area contributed by atoms with E-state index in [4.69, 9.17) is 4.74 Å². The Hall–Kier alpha value is -1.61. The number of alkyl halides is 3. The van der Waals surface area contributed by atoms with Crippen LogP contribution in [0.2, 0.25) is 0 Å². The van der Waals surface area contributed by atoms with E-state index in [0.717, 1.165) is 12.7 Å². The first-order valence-electron chi connectivity index (χ1n) is 9.27. The highest BCUT2D eigenvalue weighted by atomic mass is 32.2. The van der Waals surface area contributed by atoms with Crippen LogP contribution in [0.5, 0.6) is 0 Å². The van der Waals surface area contributed by atoms with E-state index in [1.807, 2.05) is 6.92 Å². The van der Waals surface area contributed by atoms with Gasteiger partial charge in [-0.25, -0.2) is 8.42 Å². The molecule has 5 nitrogen and oxygen atoms in total. The molecule has 1 aliphatic heterocycles. The van der Waals surface area contributed by atoms with E-state index in [2.05, 4.69) is 5.32 Å². The second-order valence-corrected chi connectivity index (χ2v) is 9.29. The molecule has 0 aromatic heterocycles. The van der Waals surface area contributed by atoms with E-state index in [9.17, 15) is 26.4 Å². The molecule has 1 heterocycles. The molecule has 1 aliphatic rings. The molecule has 0 spiro atoms. The number of halogens is 3. The maximum atomic E-state index is 13.9. The minimum Gasteiger partial charge on any atom is -0.357 e. The number of rotatable bonds is 6. The van der Waals surface area contributed by atoms with Crippen LogP contribution in [-0.2, 0) is 25.9 Å². The van der Waals surface area contributed by atoms with Crippen molar-refractivity contribution >= 4 is 15.7 Å². The zero-order chi connectivity index (χ0) is 21.0. The van der Waals surface area contributed by atoms with Crippen molar-refractivity contribution in [3.63, 3.8) is 0 Å². The van der Waals surface area contributed by atoms with E-state index in [1.165, 1.54) is 24.3 Å². The van der Waals surface area contributed by atoms with Crippen molar-refractivity contribution in [3.8, 4) is 0 Å². The lowest BCUT2D eigenvalue weighted by molar-refractivity contribution is -0.269. The van der Waals surface area contributed by atoms with Crippen molar-refractivity contribution in [2.75, 3.05) is 12.9 Å². The Kier molecular flexibility index (Phi) is 7.14. The molecule has 1 amide bonds. The van der Waals surface area contributed by atoms with Crippen molar-refractivity contribution < 1.29 is 31.1 Å². The summed E-state index contributed by atoms with van der Waals surface area (Å²) < 4.78 is 69.8. The Bertz CT molecular complexity index is 777. The van der Waals surface area contributed by atoms with Gasteiger partial charge >= 0.3 is 6.18 Å². The van der Waals surface area contributed by atoms with Gasteiger partial charge in [-0.1, -0.05) is 31.9 Å². The Morgan fingerprint density at radius 2 is 1.93 bits per heavy atom. The molecule has 28 heavy (non-hydrogen) atoms. The van der Waals surface area contributed by atoms with E-state index < -0.39 is 27.5 Å². The average molecular weight is 421 g/mol. The number of hydrogen-bond donors (Lipinski definition) is 1. The molecule has 1 aromatic rings. The molecule has 158 valence electrons. The Morgan fingerprint density at radius 1 is 1.29 bits per heavy atom. The zero-order valence-electron chi connectivity index (χ0n) is 16.0. The van der Waals surface area contributed by atoms with Crippen LogP contribution >= 0.6 is 0 Å². The largest absolute Gasteiger partial charge is 0.426 e. The molecule has 1 N–H and O–H groups in total. The first-order chi connectivity index (χ1) is 13.0. The summed E-state index contributed by atoms with van der Waals surface area (Å²) in [5.41, 5.74) is -2.35. The Labute approximate surface area is 163 Å². The van der Waals surface area contributed by atoms with Gasteiger partial charge in [-0.3, -0.25) is 4.79 Å². The molecule has 1 saturated heterocycles. The summed E-state index contributed by atoms with van der Waals surface area (Å²) in [7, 11) is -3.37. The van der Waals surface area contributed by atoms with Gasteiger partial charge in [0.25, 0.3) is 5.91 Å². The van der Waals surface area contributed by atoms with Gasteiger partial charge in [0.2, 0.25) is 5.60 Å². The monoisotopic (exact) mass is 421 g/mol. The highest BCUT2D eigenvalue weighted by Gasteiger charge is 2.62. The molecule has 1 fully saturated rings. The van der Waals surface area contributed by atoms with Gasteiger partial charge in [-0.15, -0.1) is 0 Å². The highest BCUT2D eigenvalue weighted by Crippen LogP contribution is 2.42. The topological polar surface area (TPSA) is 72.5 Å². The van der Waals surface area contributed by atoms with Gasteiger partial charge in [0.15, 0.2) is 9.84 Å². The van der Waals surface area contributed by atoms with Gasteiger partial charge in [0, 0.05) is 19.4 Å². The standard InChI is InChI=1S/C19H26F3NO4S/c1-3-5-14-6-4-11-27-18(12-14,19(20,21)22)17(24)23-13-15-7-9-16(10-8-15)28(2,25)26/h7-10,14H,3-6,11-13H2,1-2H3,(H,23,24)/t14?,18-/m0/s1. The molecule has 9 heteroatoms. The maximum absolute atomic E-state index is 13.9. The molecule has 0 bridgehead atoms. The molecular weight excluding hydrogens is 395 g/mol. The smallest absolute Gasteiger partial charge is 0.357 e. The number of amides is 1. The number of hydrogen-bond acceptors (Lipinski definition) is 4. The number of nitrogens with one attached hydrogen (secondary N) is 1. The molecule has 0 radical (unpaired) electrons. The van der Waals surface area contributed by atoms with Gasteiger partial charge in [-0.05, 0) is 42.9 Å². The molecule has 2 atom stereocenters.